The normalized spacial score (nSPS) is 12.0. The van der Waals surface area contributed by atoms with Crippen LogP contribution < -0.4 is 5.56 Å². The van der Waals surface area contributed by atoms with Crippen LogP contribution in [-0.2, 0) is 6.42 Å². The van der Waals surface area contributed by atoms with Gasteiger partial charge in [0.25, 0.3) is 11.5 Å². The van der Waals surface area contributed by atoms with Gasteiger partial charge in [-0.2, -0.15) is 0 Å². The summed E-state index contributed by atoms with van der Waals surface area (Å²) in [6, 6.07) is 24.4. The molecule has 1 amide bonds. The second kappa shape index (κ2) is 11.8. The molecule has 0 spiro atoms. The molecule has 4 rings (SSSR count). The molecule has 0 radical (unpaired) electrons. The molecule has 1 atom stereocenters. The number of benzene rings is 3. The van der Waals surface area contributed by atoms with Gasteiger partial charge in [-0.3, -0.25) is 14.2 Å². The average Bonchev–Trinajstić information content (AvgIpc) is 2.93. The molecule has 0 saturated heterocycles. The Labute approximate surface area is 213 Å². The van der Waals surface area contributed by atoms with E-state index in [0.717, 1.165) is 43.4 Å². The lowest BCUT2D eigenvalue weighted by Crippen LogP contribution is -2.38. The second-order valence-corrected chi connectivity index (χ2v) is 9.21. The summed E-state index contributed by atoms with van der Waals surface area (Å²) in [4.78, 5) is 34.5. The molecule has 0 aliphatic rings. The molecule has 0 saturated carbocycles. The fourth-order valence-electron chi connectivity index (χ4n) is 4.76. The van der Waals surface area contributed by atoms with Gasteiger partial charge >= 0.3 is 0 Å². The Morgan fingerprint density at radius 3 is 2.33 bits per heavy atom. The van der Waals surface area contributed by atoms with Crippen molar-refractivity contribution in [2.75, 3.05) is 6.54 Å². The standard InChI is InChI=1S/C31H35N3O2/c1-4-6-7-15-22-33(30(35)25-17-9-8-10-18-25)23(3)29-32-27-20-13-12-19-26(27)31(36)34(29)28-21-14-11-16-24(28)5-2/h8-14,16-21,23H,4-7,15,22H2,1-3H3. The minimum Gasteiger partial charge on any atom is -0.329 e. The second-order valence-electron chi connectivity index (χ2n) is 9.21. The molecule has 186 valence electrons. The van der Waals surface area contributed by atoms with Gasteiger partial charge in [0.15, 0.2) is 0 Å². The lowest BCUT2D eigenvalue weighted by Gasteiger charge is -2.31. The molecule has 4 aromatic rings. The number of aromatic nitrogens is 2. The summed E-state index contributed by atoms with van der Waals surface area (Å²) >= 11 is 0. The third kappa shape index (κ3) is 5.25. The fourth-order valence-corrected chi connectivity index (χ4v) is 4.76. The number of nitrogens with zero attached hydrogens (tertiary/aromatic N) is 3. The number of rotatable bonds is 10. The molecule has 0 aliphatic heterocycles. The van der Waals surface area contributed by atoms with Crippen LogP contribution in [0.4, 0.5) is 0 Å². The number of fused-ring (bicyclic) bond motifs is 1. The van der Waals surface area contributed by atoms with Gasteiger partial charge in [0.05, 0.1) is 22.6 Å². The Morgan fingerprint density at radius 2 is 1.58 bits per heavy atom. The molecule has 0 N–H and O–H groups in total. The van der Waals surface area contributed by atoms with Crippen molar-refractivity contribution in [3.63, 3.8) is 0 Å². The molecule has 36 heavy (non-hydrogen) atoms. The summed E-state index contributed by atoms with van der Waals surface area (Å²) in [5, 5.41) is 0.572. The SMILES string of the molecule is CCCCCCN(C(=O)c1ccccc1)C(C)c1nc2ccccc2c(=O)n1-c1ccccc1CC. The van der Waals surface area contributed by atoms with E-state index in [1.54, 1.807) is 4.57 Å². The maximum atomic E-state index is 13.9. The largest absolute Gasteiger partial charge is 0.329 e. The summed E-state index contributed by atoms with van der Waals surface area (Å²) in [6.45, 7) is 6.86. The zero-order chi connectivity index (χ0) is 25.5. The monoisotopic (exact) mass is 481 g/mol. The van der Waals surface area contributed by atoms with Crippen LogP contribution in [0.2, 0.25) is 0 Å². The van der Waals surface area contributed by atoms with Gasteiger partial charge in [0, 0.05) is 12.1 Å². The van der Waals surface area contributed by atoms with Crippen molar-refractivity contribution < 1.29 is 4.79 Å². The van der Waals surface area contributed by atoms with E-state index in [4.69, 9.17) is 4.98 Å². The maximum absolute atomic E-state index is 13.9. The van der Waals surface area contributed by atoms with Crippen LogP contribution in [0.5, 0.6) is 0 Å². The highest BCUT2D eigenvalue weighted by Crippen LogP contribution is 2.26. The highest BCUT2D eigenvalue weighted by molar-refractivity contribution is 5.94. The predicted octanol–water partition coefficient (Wildman–Crippen LogP) is 6.73. The third-order valence-electron chi connectivity index (χ3n) is 6.79. The zero-order valence-electron chi connectivity index (χ0n) is 21.5. The van der Waals surface area contributed by atoms with Gasteiger partial charge in [-0.25, -0.2) is 4.98 Å². The number of carbonyl (C=O) groups excluding carboxylic acids is 1. The van der Waals surface area contributed by atoms with E-state index in [9.17, 15) is 9.59 Å². The van der Waals surface area contributed by atoms with Crippen molar-refractivity contribution in [2.24, 2.45) is 0 Å². The number of carbonyl (C=O) groups is 1. The number of para-hydroxylation sites is 2. The van der Waals surface area contributed by atoms with Gasteiger partial charge in [0.1, 0.15) is 5.82 Å². The van der Waals surface area contributed by atoms with E-state index in [1.165, 1.54) is 0 Å². The molecule has 0 fully saturated rings. The van der Waals surface area contributed by atoms with Crippen LogP contribution in [-0.4, -0.2) is 26.9 Å². The van der Waals surface area contributed by atoms with Crippen LogP contribution in [0.1, 0.15) is 74.2 Å². The van der Waals surface area contributed by atoms with E-state index in [1.807, 2.05) is 90.7 Å². The Hall–Kier alpha value is -3.73. The molecule has 5 nitrogen and oxygen atoms in total. The summed E-state index contributed by atoms with van der Waals surface area (Å²) in [5.74, 6) is 0.539. The van der Waals surface area contributed by atoms with Gasteiger partial charge in [-0.1, -0.05) is 81.6 Å². The average molecular weight is 482 g/mol. The van der Waals surface area contributed by atoms with Crippen molar-refractivity contribution in [1.29, 1.82) is 0 Å². The van der Waals surface area contributed by atoms with Crippen molar-refractivity contribution in [2.45, 2.75) is 58.9 Å². The summed E-state index contributed by atoms with van der Waals surface area (Å²) < 4.78 is 1.73. The van der Waals surface area contributed by atoms with E-state index in [0.29, 0.717) is 28.8 Å². The first kappa shape index (κ1) is 25.4. The van der Waals surface area contributed by atoms with Crippen LogP contribution in [0.25, 0.3) is 16.6 Å². The molecule has 1 heterocycles. The van der Waals surface area contributed by atoms with E-state index in [-0.39, 0.29) is 11.5 Å². The summed E-state index contributed by atoms with van der Waals surface area (Å²) in [5.41, 5.74) is 3.06. The highest BCUT2D eigenvalue weighted by Gasteiger charge is 2.27. The first-order valence-corrected chi connectivity index (χ1v) is 13.0. The van der Waals surface area contributed by atoms with Crippen molar-refractivity contribution in [3.05, 3.63) is 106 Å². The maximum Gasteiger partial charge on any atom is 0.266 e. The Morgan fingerprint density at radius 1 is 0.889 bits per heavy atom. The number of aryl methyl sites for hydroxylation is 1. The van der Waals surface area contributed by atoms with Crippen molar-refractivity contribution in [1.82, 2.24) is 14.5 Å². The highest BCUT2D eigenvalue weighted by atomic mass is 16.2. The Kier molecular flexibility index (Phi) is 8.32. The minimum absolute atomic E-state index is 0.0441. The fraction of sp³-hybridized carbons (Fsp3) is 0.323. The summed E-state index contributed by atoms with van der Waals surface area (Å²) in [7, 11) is 0. The van der Waals surface area contributed by atoms with Crippen LogP contribution in [0.3, 0.4) is 0 Å². The molecule has 1 unspecified atom stereocenters. The van der Waals surface area contributed by atoms with E-state index in [2.05, 4.69) is 13.8 Å². The Bertz CT molecular complexity index is 1380. The molecule has 3 aromatic carbocycles. The van der Waals surface area contributed by atoms with E-state index >= 15 is 0 Å². The van der Waals surface area contributed by atoms with Gasteiger partial charge < -0.3 is 4.90 Å². The molecular weight excluding hydrogens is 446 g/mol. The minimum atomic E-state index is -0.401. The lowest BCUT2D eigenvalue weighted by atomic mass is 10.1. The number of hydrogen-bond acceptors (Lipinski definition) is 3. The van der Waals surface area contributed by atoms with Gasteiger partial charge in [-0.05, 0) is 55.7 Å². The first-order valence-electron chi connectivity index (χ1n) is 13.0. The van der Waals surface area contributed by atoms with Crippen molar-refractivity contribution in [3.8, 4) is 5.69 Å². The quantitative estimate of drug-likeness (QED) is 0.236. The molecule has 5 heteroatoms. The van der Waals surface area contributed by atoms with Crippen LogP contribution in [0, 0.1) is 0 Å². The molecule has 0 bridgehead atoms. The third-order valence-corrected chi connectivity index (χ3v) is 6.79. The number of hydrogen-bond donors (Lipinski definition) is 0. The predicted molar refractivity (Wildman–Crippen MR) is 147 cm³/mol. The number of unbranched alkanes of at least 4 members (excludes halogenated alkanes) is 3. The molecular formula is C31H35N3O2. The summed E-state index contributed by atoms with van der Waals surface area (Å²) in [6.07, 6.45) is 5.00. The zero-order valence-corrected chi connectivity index (χ0v) is 21.5. The van der Waals surface area contributed by atoms with Crippen LogP contribution in [0.15, 0.2) is 83.7 Å². The Balaban J connectivity index is 1.88. The molecule has 1 aromatic heterocycles. The van der Waals surface area contributed by atoms with Gasteiger partial charge in [0.2, 0.25) is 0 Å². The molecule has 0 aliphatic carbocycles. The smallest absolute Gasteiger partial charge is 0.266 e. The van der Waals surface area contributed by atoms with Crippen molar-refractivity contribution >= 4 is 16.8 Å². The lowest BCUT2D eigenvalue weighted by molar-refractivity contribution is 0.0677. The van der Waals surface area contributed by atoms with E-state index < -0.39 is 6.04 Å². The van der Waals surface area contributed by atoms with Crippen LogP contribution >= 0.6 is 0 Å². The topological polar surface area (TPSA) is 55.2 Å². The first-order chi connectivity index (χ1) is 17.6. The van der Waals surface area contributed by atoms with Gasteiger partial charge in [-0.15, -0.1) is 0 Å². The number of amides is 1.